The van der Waals surface area contributed by atoms with Gasteiger partial charge in [0.25, 0.3) is 5.91 Å². The molecule has 0 atom stereocenters. The van der Waals surface area contributed by atoms with Crippen molar-refractivity contribution in [3.8, 4) is 5.69 Å². The number of nitrogens with one attached hydrogen (secondary N) is 3. The van der Waals surface area contributed by atoms with Crippen molar-refractivity contribution < 1.29 is 4.79 Å². The molecule has 0 fully saturated rings. The van der Waals surface area contributed by atoms with Crippen LogP contribution in [0.25, 0.3) is 5.69 Å². The molecule has 0 aliphatic carbocycles. The van der Waals surface area contributed by atoms with Crippen molar-refractivity contribution in [3.05, 3.63) is 72.4 Å². The Kier molecular flexibility index (Phi) is 6.02. The van der Waals surface area contributed by atoms with Gasteiger partial charge in [0.15, 0.2) is 0 Å². The molecule has 11 nitrogen and oxygen atoms in total. The minimum Gasteiger partial charge on any atom is -0.368 e. The third-order valence-electron chi connectivity index (χ3n) is 4.28. The first kappa shape index (κ1) is 19.9. The number of hydrogen-bond acceptors (Lipinski definition) is 9. The summed E-state index contributed by atoms with van der Waals surface area (Å²) in [5.74, 6) is 1.78. The highest BCUT2D eigenvalue weighted by Gasteiger charge is 2.07. The van der Waals surface area contributed by atoms with Crippen LogP contribution < -0.4 is 16.0 Å². The highest BCUT2D eigenvalue weighted by molar-refractivity contribution is 5.94. The number of carbonyl (C=O) groups excluding carboxylic acids is 1. The Bertz CT molecular complexity index is 1160. The van der Waals surface area contributed by atoms with Crippen molar-refractivity contribution in [1.82, 2.24) is 40.5 Å². The number of nitrogens with zero attached hydrogens (tertiary/aromatic N) is 7. The standard InChI is InChI=1S/C20H20N10O/c1-14-5-6-21-18(9-14)27-19-11-17(24-12-25-19)22-7-8-23-20(31)15-3-2-4-16(10-15)30-13-26-28-29-30/h2-6,9-13H,7-8H2,1H3,(H,23,31)(H2,21,22,24,25,27). The molecule has 4 rings (SSSR count). The van der Waals surface area contributed by atoms with Crippen LogP contribution in [0.3, 0.4) is 0 Å². The molecule has 0 saturated carbocycles. The molecule has 1 aromatic carbocycles. The van der Waals surface area contributed by atoms with Crippen LogP contribution in [0.15, 0.2) is 61.3 Å². The van der Waals surface area contributed by atoms with E-state index < -0.39 is 0 Å². The van der Waals surface area contributed by atoms with E-state index in [1.807, 2.05) is 25.1 Å². The molecule has 3 N–H and O–H groups in total. The van der Waals surface area contributed by atoms with Gasteiger partial charge in [0.1, 0.15) is 30.1 Å². The average molecular weight is 416 g/mol. The van der Waals surface area contributed by atoms with E-state index in [0.29, 0.717) is 41.8 Å². The Morgan fingerprint density at radius 3 is 2.71 bits per heavy atom. The summed E-state index contributed by atoms with van der Waals surface area (Å²) in [5.41, 5.74) is 2.33. The summed E-state index contributed by atoms with van der Waals surface area (Å²) in [4.78, 5) is 25.1. The van der Waals surface area contributed by atoms with Crippen molar-refractivity contribution >= 4 is 23.4 Å². The molecule has 3 heterocycles. The number of tetrazole rings is 1. The number of anilines is 3. The molecule has 31 heavy (non-hydrogen) atoms. The monoisotopic (exact) mass is 416 g/mol. The lowest BCUT2D eigenvalue weighted by Gasteiger charge is -2.10. The van der Waals surface area contributed by atoms with Crippen LogP contribution in [0.2, 0.25) is 0 Å². The molecule has 11 heteroatoms. The first-order valence-corrected chi connectivity index (χ1v) is 9.54. The van der Waals surface area contributed by atoms with E-state index in [9.17, 15) is 4.79 Å². The topological polar surface area (TPSA) is 135 Å². The number of amides is 1. The molecular weight excluding hydrogens is 396 g/mol. The van der Waals surface area contributed by atoms with Crippen LogP contribution in [0.4, 0.5) is 17.5 Å². The van der Waals surface area contributed by atoms with Gasteiger partial charge in [-0.25, -0.2) is 19.6 Å². The summed E-state index contributed by atoms with van der Waals surface area (Å²) in [6.07, 6.45) is 4.67. The molecule has 156 valence electrons. The number of rotatable bonds is 8. The lowest BCUT2D eigenvalue weighted by molar-refractivity contribution is 0.0955. The maximum absolute atomic E-state index is 12.4. The maximum Gasteiger partial charge on any atom is 0.251 e. The molecule has 0 aliphatic heterocycles. The van der Waals surface area contributed by atoms with Crippen molar-refractivity contribution in [2.75, 3.05) is 23.7 Å². The summed E-state index contributed by atoms with van der Waals surface area (Å²) < 4.78 is 1.49. The number of benzene rings is 1. The van der Waals surface area contributed by atoms with Crippen LogP contribution >= 0.6 is 0 Å². The molecule has 0 spiro atoms. The average Bonchev–Trinajstić information content (AvgIpc) is 3.32. The van der Waals surface area contributed by atoms with Crippen LogP contribution in [0.5, 0.6) is 0 Å². The lowest BCUT2D eigenvalue weighted by Crippen LogP contribution is -2.29. The van der Waals surface area contributed by atoms with E-state index in [2.05, 4.69) is 46.4 Å². The zero-order valence-corrected chi connectivity index (χ0v) is 16.7. The van der Waals surface area contributed by atoms with Gasteiger partial charge in [-0.2, -0.15) is 0 Å². The van der Waals surface area contributed by atoms with Gasteiger partial charge in [-0.15, -0.1) is 5.10 Å². The van der Waals surface area contributed by atoms with Gasteiger partial charge in [-0.1, -0.05) is 6.07 Å². The van der Waals surface area contributed by atoms with Crippen LogP contribution in [-0.2, 0) is 0 Å². The number of hydrogen-bond donors (Lipinski definition) is 3. The molecular formula is C20H20N10O. The van der Waals surface area contributed by atoms with Crippen molar-refractivity contribution in [2.45, 2.75) is 6.92 Å². The maximum atomic E-state index is 12.4. The molecule has 0 bridgehead atoms. The third-order valence-corrected chi connectivity index (χ3v) is 4.28. The number of aryl methyl sites for hydroxylation is 1. The van der Waals surface area contributed by atoms with E-state index in [1.54, 1.807) is 30.5 Å². The fourth-order valence-corrected chi connectivity index (χ4v) is 2.80. The Morgan fingerprint density at radius 1 is 1.00 bits per heavy atom. The van der Waals surface area contributed by atoms with E-state index in [1.165, 1.54) is 17.3 Å². The lowest BCUT2D eigenvalue weighted by atomic mass is 10.2. The second kappa shape index (κ2) is 9.39. The fraction of sp³-hybridized carbons (Fsp3) is 0.150. The molecule has 4 aromatic rings. The van der Waals surface area contributed by atoms with Crippen LogP contribution in [-0.4, -0.2) is 54.2 Å². The Morgan fingerprint density at radius 2 is 1.87 bits per heavy atom. The van der Waals surface area contributed by atoms with Gasteiger partial charge >= 0.3 is 0 Å². The summed E-state index contributed by atoms with van der Waals surface area (Å²) in [7, 11) is 0. The van der Waals surface area contributed by atoms with E-state index in [-0.39, 0.29) is 5.91 Å². The first-order valence-electron chi connectivity index (χ1n) is 9.54. The Labute approximate surface area is 178 Å². The highest BCUT2D eigenvalue weighted by atomic mass is 16.1. The minimum atomic E-state index is -0.188. The van der Waals surface area contributed by atoms with Crippen LogP contribution in [0, 0.1) is 6.92 Å². The fourth-order valence-electron chi connectivity index (χ4n) is 2.80. The Hall–Kier alpha value is -4.41. The van der Waals surface area contributed by atoms with Gasteiger partial charge in [0.05, 0.1) is 5.69 Å². The van der Waals surface area contributed by atoms with Crippen molar-refractivity contribution in [2.24, 2.45) is 0 Å². The zero-order chi connectivity index (χ0) is 21.5. The largest absolute Gasteiger partial charge is 0.368 e. The minimum absolute atomic E-state index is 0.188. The summed E-state index contributed by atoms with van der Waals surface area (Å²) in [5, 5.41) is 20.2. The van der Waals surface area contributed by atoms with Gasteiger partial charge in [0, 0.05) is 30.9 Å². The van der Waals surface area contributed by atoms with E-state index in [4.69, 9.17) is 0 Å². The quantitative estimate of drug-likeness (QED) is 0.367. The molecule has 1 amide bonds. The molecule has 0 unspecified atom stereocenters. The molecule has 3 aromatic heterocycles. The zero-order valence-electron chi connectivity index (χ0n) is 16.7. The summed E-state index contributed by atoms with van der Waals surface area (Å²) in [6.45, 7) is 2.91. The molecule has 0 radical (unpaired) electrons. The van der Waals surface area contributed by atoms with E-state index >= 15 is 0 Å². The molecule has 0 saturated heterocycles. The summed E-state index contributed by atoms with van der Waals surface area (Å²) in [6, 6.07) is 12.7. The molecule has 0 aliphatic rings. The van der Waals surface area contributed by atoms with Crippen LogP contribution in [0.1, 0.15) is 15.9 Å². The number of pyridine rings is 1. The van der Waals surface area contributed by atoms with Crippen molar-refractivity contribution in [3.63, 3.8) is 0 Å². The predicted octanol–water partition coefficient (Wildman–Crippen LogP) is 1.74. The SMILES string of the molecule is Cc1ccnc(Nc2cc(NCCNC(=O)c3cccc(-n4cnnn4)c3)ncn2)c1. The van der Waals surface area contributed by atoms with Gasteiger partial charge in [-0.3, -0.25) is 4.79 Å². The third kappa shape index (κ3) is 5.35. The predicted molar refractivity (Wildman–Crippen MR) is 114 cm³/mol. The summed E-state index contributed by atoms with van der Waals surface area (Å²) >= 11 is 0. The smallest absolute Gasteiger partial charge is 0.251 e. The number of aromatic nitrogens is 7. The number of carbonyl (C=O) groups is 1. The second-order valence-corrected chi connectivity index (χ2v) is 6.62. The van der Waals surface area contributed by atoms with E-state index in [0.717, 1.165) is 5.56 Å². The van der Waals surface area contributed by atoms with Crippen molar-refractivity contribution in [1.29, 1.82) is 0 Å². The first-order chi connectivity index (χ1) is 15.2. The van der Waals surface area contributed by atoms with Gasteiger partial charge in [-0.05, 0) is 53.2 Å². The normalized spacial score (nSPS) is 10.5. The highest BCUT2D eigenvalue weighted by Crippen LogP contribution is 2.15. The Balaban J connectivity index is 1.28. The second-order valence-electron chi connectivity index (χ2n) is 6.62. The van der Waals surface area contributed by atoms with Gasteiger partial charge in [0.2, 0.25) is 0 Å². The van der Waals surface area contributed by atoms with Gasteiger partial charge < -0.3 is 16.0 Å².